The van der Waals surface area contributed by atoms with Crippen LogP contribution in [0.1, 0.15) is 12.8 Å². The summed E-state index contributed by atoms with van der Waals surface area (Å²) >= 11 is 0. The van der Waals surface area contributed by atoms with E-state index >= 15 is 0 Å². The predicted octanol–water partition coefficient (Wildman–Crippen LogP) is 0.999. The highest BCUT2D eigenvalue weighted by Gasteiger charge is 2.23. The fraction of sp³-hybridized carbons (Fsp3) is 0.500. The minimum absolute atomic E-state index is 0.0526. The van der Waals surface area contributed by atoms with E-state index in [9.17, 15) is 4.79 Å². The van der Waals surface area contributed by atoms with Crippen LogP contribution in [0.25, 0.3) is 0 Å². The van der Waals surface area contributed by atoms with Gasteiger partial charge in [0.15, 0.2) is 0 Å². The molecular formula is C16H21N5O3. The van der Waals surface area contributed by atoms with Gasteiger partial charge in [-0.05, 0) is 53.5 Å². The SMILES string of the molecule is COc1ccc(OCC2CCN(C(=O)Cn3cnnn3)CC2)cc1. The number of rotatable bonds is 6. The second-order valence-corrected chi connectivity index (χ2v) is 5.82. The van der Waals surface area contributed by atoms with Gasteiger partial charge in [-0.25, -0.2) is 4.68 Å². The summed E-state index contributed by atoms with van der Waals surface area (Å²) < 4.78 is 12.4. The molecule has 24 heavy (non-hydrogen) atoms. The van der Waals surface area contributed by atoms with Crippen LogP contribution in [0.2, 0.25) is 0 Å². The maximum atomic E-state index is 12.2. The fourth-order valence-corrected chi connectivity index (χ4v) is 2.73. The van der Waals surface area contributed by atoms with Crippen molar-refractivity contribution in [2.24, 2.45) is 5.92 Å². The number of nitrogens with zero attached hydrogens (tertiary/aromatic N) is 5. The average molecular weight is 331 g/mol. The molecule has 0 unspecified atom stereocenters. The maximum Gasteiger partial charge on any atom is 0.244 e. The van der Waals surface area contributed by atoms with Crippen LogP contribution >= 0.6 is 0 Å². The molecule has 1 saturated heterocycles. The van der Waals surface area contributed by atoms with Gasteiger partial charge in [-0.2, -0.15) is 0 Å². The molecule has 8 nitrogen and oxygen atoms in total. The third-order valence-corrected chi connectivity index (χ3v) is 4.20. The van der Waals surface area contributed by atoms with Gasteiger partial charge in [-0.15, -0.1) is 5.10 Å². The van der Waals surface area contributed by atoms with Crippen LogP contribution in [-0.4, -0.2) is 57.8 Å². The molecule has 0 atom stereocenters. The molecule has 128 valence electrons. The van der Waals surface area contributed by atoms with E-state index in [0.717, 1.165) is 37.4 Å². The number of amides is 1. The molecule has 0 radical (unpaired) electrons. The highest BCUT2D eigenvalue weighted by Crippen LogP contribution is 2.21. The molecule has 0 bridgehead atoms. The van der Waals surface area contributed by atoms with Crippen molar-refractivity contribution in [3.63, 3.8) is 0 Å². The molecule has 2 heterocycles. The molecule has 1 aliphatic rings. The van der Waals surface area contributed by atoms with Crippen LogP contribution in [0.5, 0.6) is 11.5 Å². The van der Waals surface area contributed by atoms with Crippen molar-refractivity contribution >= 4 is 5.91 Å². The molecule has 1 amide bonds. The molecule has 0 N–H and O–H groups in total. The Kier molecular flexibility index (Phi) is 5.25. The molecule has 1 aromatic carbocycles. The normalized spacial score (nSPS) is 15.3. The van der Waals surface area contributed by atoms with Gasteiger partial charge in [-0.3, -0.25) is 4.79 Å². The molecule has 1 aromatic heterocycles. The summed E-state index contributed by atoms with van der Waals surface area (Å²) in [5, 5.41) is 10.8. The first-order chi connectivity index (χ1) is 11.7. The zero-order valence-electron chi connectivity index (χ0n) is 13.7. The summed E-state index contributed by atoms with van der Waals surface area (Å²) in [7, 11) is 1.64. The summed E-state index contributed by atoms with van der Waals surface area (Å²) in [5.41, 5.74) is 0. The van der Waals surface area contributed by atoms with E-state index < -0.39 is 0 Å². The topological polar surface area (TPSA) is 82.4 Å². The van der Waals surface area contributed by atoms with E-state index in [1.807, 2.05) is 29.2 Å². The Labute approximate surface area is 140 Å². The van der Waals surface area contributed by atoms with Crippen molar-refractivity contribution in [2.45, 2.75) is 19.4 Å². The number of carbonyl (C=O) groups excluding carboxylic acids is 1. The van der Waals surface area contributed by atoms with Crippen molar-refractivity contribution in [2.75, 3.05) is 26.8 Å². The van der Waals surface area contributed by atoms with E-state index in [2.05, 4.69) is 15.5 Å². The Morgan fingerprint density at radius 3 is 2.54 bits per heavy atom. The van der Waals surface area contributed by atoms with Gasteiger partial charge in [0.2, 0.25) is 5.91 Å². The molecule has 3 rings (SSSR count). The van der Waals surface area contributed by atoms with Crippen molar-refractivity contribution in [3.05, 3.63) is 30.6 Å². The largest absolute Gasteiger partial charge is 0.497 e. The number of piperidine rings is 1. The summed E-state index contributed by atoms with van der Waals surface area (Å²) in [6.45, 7) is 2.36. The number of ether oxygens (including phenoxy) is 2. The number of aromatic nitrogens is 4. The first kappa shape index (κ1) is 16.2. The van der Waals surface area contributed by atoms with Crippen LogP contribution in [0.4, 0.5) is 0 Å². The number of benzene rings is 1. The number of hydrogen-bond donors (Lipinski definition) is 0. The lowest BCUT2D eigenvalue weighted by Crippen LogP contribution is -2.41. The number of carbonyl (C=O) groups is 1. The highest BCUT2D eigenvalue weighted by molar-refractivity contribution is 5.75. The number of likely N-dealkylation sites (tertiary alicyclic amines) is 1. The number of methoxy groups -OCH3 is 1. The molecular weight excluding hydrogens is 310 g/mol. The van der Waals surface area contributed by atoms with Crippen LogP contribution in [0.15, 0.2) is 30.6 Å². The average Bonchev–Trinajstić information content (AvgIpc) is 3.14. The van der Waals surface area contributed by atoms with E-state index in [-0.39, 0.29) is 12.5 Å². The molecule has 1 fully saturated rings. The molecule has 0 saturated carbocycles. The van der Waals surface area contributed by atoms with Gasteiger partial charge >= 0.3 is 0 Å². The minimum Gasteiger partial charge on any atom is -0.497 e. The second-order valence-electron chi connectivity index (χ2n) is 5.82. The smallest absolute Gasteiger partial charge is 0.244 e. The summed E-state index contributed by atoms with van der Waals surface area (Å²) in [5.74, 6) is 2.17. The molecule has 2 aromatic rings. The number of tetrazole rings is 1. The molecule has 0 aliphatic carbocycles. The Bertz CT molecular complexity index is 636. The summed E-state index contributed by atoms with van der Waals surface area (Å²) in [6.07, 6.45) is 3.34. The Hall–Kier alpha value is -2.64. The molecule has 1 aliphatic heterocycles. The lowest BCUT2D eigenvalue weighted by Gasteiger charge is -2.31. The molecule has 8 heteroatoms. The molecule has 0 spiro atoms. The zero-order valence-corrected chi connectivity index (χ0v) is 13.7. The van der Waals surface area contributed by atoms with Gasteiger partial charge in [0.05, 0.1) is 13.7 Å². The minimum atomic E-state index is 0.0526. The van der Waals surface area contributed by atoms with Crippen LogP contribution < -0.4 is 9.47 Å². The fourth-order valence-electron chi connectivity index (χ4n) is 2.73. The second kappa shape index (κ2) is 7.76. The highest BCUT2D eigenvalue weighted by atomic mass is 16.5. The Morgan fingerprint density at radius 2 is 1.92 bits per heavy atom. The monoisotopic (exact) mass is 331 g/mol. The quantitative estimate of drug-likeness (QED) is 0.785. The summed E-state index contributed by atoms with van der Waals surface area (Å²) in [4.78, 5) is 14.0. The van der Waals surface area contributed by atoms with Crippen molar-refractivity contribution < 1.29 is 14.3 Å². The standard InChI is InChI=1S/C16H21N5O3/c1-23-14-2-4-15(5-3-14)24-11-13-6-8-20(9-7-13)16(22)10-21-12-17-18-19-21/h2-5,12-13H,6-11H2,1H3. The Balaban J connectivity index is 1.40. The lowest BCUT2D eigenvalue weighted by atomic mass is 9.98. The predicted molar refractivity (Wildman–Crippen MR) is 85.6 cm³/mol. The van der Waals surface area contributed by atoms with Crippen LogP contribution in [-0.2, 0) is 11.3 Å². The first-order valence-corrected chi connectivity index (χ1v) is 8.00. The van der Waals surface area contributed by atoms with E-state index in [0.29, 0.717) is 12.5 Å². The van der Waals surface area contributed by atoms with E-state index in [1.165, 1.54) is 11.0 Å². The van der Waals surface area contributed by atoms with Gasteiger partial charge in [0.1, 0.15) is 24.4 Å². The van der Waals surface area contributed by atoms with Crippen LogP contribution in [0.3, 0.4) is 0 Å². The first-order valence-electron chi connectivity index (χ1n) is 8.00. The third-order valence-electron chi connectivity index (χ3n) is 4.20. The lowest BCUT2D eigenvalue weighted by molar-refractivity contribution is -0.133. The van der Waals surface area contributed by atoms with Gasteiger partial charge < -0.3 is 14.4 Å². The number of hydrogen-bond acceptors (Lipinski definition) is 6. The zero-order chi connectivity index (χ0) is 16.8. The van der Waals surface area contributed by atoms with Crippen LogP contribution in [0, 0.1) is 5.92 Å². The van der Waals surface area contributed by atoms with Gasteiger partial charge in [0.25, 0.3) is 0 Å². The van der Waals surface area contributed by atoms with Crippen molar-refractivity contribution in [1.29, 1.82) is 0 Å². The summed E-state index contributed by atoms with van der Waals surface area (Å²) in [6, 6.07) is 7.58. The van der Waals surface area contributed by atoms with E-state index in [4.69, 9.17) is 9.47 Å². The van der Waals surface area contributed by atoms with Crippen molar-refractivity contribution in [3.8, 4) is 11.5 Å². The van der Waals surface area contributed by atoms with Crippen molar-refractivity contribution in [1.82, 2.24) is 25.1 Å². The van der Waals surface area contributed by atoms with Gasteiger partial charge in [-0.1, -0.05) is 0 Å². The van der Waals surface area contributed by atoms with Gasteiger partial charge in [0, 0.05) is 13.1 Å². The maximum absolute atomic E-state index is 12.2. The van der Waals surface area contributed by atoms with E-state index in [1.54, 1.807) is 7.11 Å². The third kappa shape index (κ3) is 4.21. The Morgan fingerprint density at radius 1 is 1.21 bits per heavy atom.